The molecule has 1 heterocycles. The monoisotopic (exact) mass is 398 g/mol. The van der Waals surface area contributed by atoms with Crippen LogP contribution in [-0.2, 0) is 9.53 Å². The summed E-state index contributed by atoms with van der Waals surface area (Å²) in [4.78, 5) is 27.2. The number of rotatable bonds is 6. The van der Waals surface area contributed by atoms with E-state index in [9.17, 15) is 9.59 Å². The Morgan fingerprint density at radius 2 is 1.82 bits per heavy atom. The summed E-state index contributed by atoms with van der Waals surface area (Å²) < 4.78 is 4.96. The zero-order chi connectivity index (χ0) is 19.9. The number of amides is 2. The predicted octanol–water partition coefficient (Wildman–Crippen LogP) is 3.45. The Bertz CT molecular complexity index is 850. The zero-order valence-corrected chi connectivity index (χ0v) is 16.5. The first-order chi connectivity index (χ1) is 13.6. The number of methoxy groups -OCH3 is 1. The van der Waals surface area contributed by atoms with Gasteiger partial charge in [0.05, 0.1) is 6.61 Å². The van der Waals surface area contributed by atoms with E-state index in [1.165, 1.54) is 5.54 Å². The third-order valence-corrected chi connectivity index (χ3v) is 5.08. The lowest BCUT2D eigenvalue weighted by Gasteiger charge is -2.23. The number of carbonyl (C=O) groups is 2. The number of ether oxygens (including phenoxy) is 1. The lowest BCUT2D eigenvalue weighted by atomic mass is 10.0. The lowest BCUT2D eigenvalue weighted by molar-refractivity contribution is -0.125. The Labute approximate surface area is 169 Å². The normalized spacial score (nSPS) is 17.7. The van der Waals surface area contributed by atoms with Gasteiger partial charge in [-0.05, 0) is 28.8 Å². The smallest absolute Gasteiger partial charge is 0.254 e. The van der Waals surface area contributed by atoms with E-state index < -0.39 is 6.04 Å². The Hall–Kier alpha value is -2.63. The van der Waals surface area contributed by atoms with E-state index in [4.69, 9.17) is 16.3 Å². The van der Waals surface area contributed by atoms with Crippen LogP contribution in [0.1, 0.15) is 16.8 Å². The largest absolute Gasteiger partial charge is 0.383 e. The molecular formula is C22H23ClN2O3. The minimum atomic E-state index is -0.567. The topological polar surface area (TPSA) is 58.6 Å². The molecule has 1 aliphatic rings. The van der Waals surface area contributed by atoms with Crippen molar-refractivity contribution in [3.05, 3.63) is 71.3 Å². The van der Waals surface area contributed by atoms with Crippen LogP contribution in [0.4, 0.5) is 0 Å². The van der Waals surface area contributed by atoms with E-state index in [-0.39, 0.29) is 11.8 Å². The zero-order valence-electron chi connectivity index (χ0n) is 15.7. The summed E-state index contributed by atoms with van der Waals surface area (Å²) in [7, 11) is 1.57. The molecule has 2 aromatic rings. The van der Waals surface area contributed by atoms with Crippen molar-refractivity contribution < 1.29 is 14.3 Å². The number of benzene rings is 2. The molecule has 2 aromatic carbocycles. The summed E-state index contributed by atoms with van der Waals surface area (Å²) in [5.41, 5.74) is 4.99. The number of likely N-dealkylation sites (tertiary alicyclic amines) is 1. The standard InChI is InChI=1S/C22H23ClN2O3/c1-28-12-11-24-21(26)20-13-16(14-23)15-25(20)22(27)19-9-7-18(8-10-19)17-5-3-2-4-6-17/h2-10,14,20H,11-13,15H2,1H3,(H,24,26)/b16-14+. The van der Waals surface area contributed by atoms with E-state index in [0.717, 1.165) is 16.7 Å². The summed E-state index contributed by atoms with van der Waals surface area (Å²) in [6.07, 6.45) is 0.441. The van der Waals surface area contributed by atoms with E-state index in [0.29, 0.717) is 31.7 Å². The maximum absolute atomic E-state index is 13.1. The second-order valence-corrected chi connectivity index (χ2v) is 6.87. The third kappa shape index (κ3) is 4.61. The molecule has 0 aliphatic carbocycles. The molecule has 1 fully saturated rings. The van der Waals surface area contributed by atoms with Crippen molar-refractivity contribution >= 4 is 23.4 Å². The number of carbonyl (C=O) groups excluding carboxylic acids is 2. The maximum Gasteiger partial charge on any atom is 0.254 e. The number of nitrogens with zero attached hydrogens (tertiary/aromatic N) is 1. The molecule has 146 valence electrons. The number of nitrogens with one attached hydrogen (secondary N) is 1. The van der Waals surface area contributed by atoms with Gasteiger partial charge in [0.1, 0.15) is 6.04 Å². The van der Waals surface area contributed by atoms with Gasteiger partial charge in [0, 0.05) is 37.7 Å². The third-order valence-electron chi connectivity index (χ3n) is 4.77. The van der Waals surface area contributed by atoms with Gasteiger partial charge in [0.25, 0.3) is 5.91 Å². The fourth-order valence-electron chi connectivity index (χ4n) is 3.27. The first-order valence-corrected chi connectivity index (χ1v) is 9.59. The van der Waals surface area contributed by atoms with Crippen LogP contribution in [0.5, 0.6) is 0 Å². The summed E-state index contributed by atoms with van der Waals surface area (Å²) >= 11 is 5.86. The van der Waals surface area contributed by atoms with Gasteiger partial charge in [0.15, 0.2) is 0 Å². The first kappa shape index (κ1) is 20.1. The molecule has 6 heteroatoms. The molecule has 0 saturated carbocycles. The van der Waals surface area contributed by atoms with Gasteiger partial charge in [-0.2, -0.15) is 0 Å². The van der Waals surface area contributed by atoms with Crippen molar-refractivity contribution in [2.45, 2.75) is 12.5 Å². The van der Waals surface area contributed by atoms with Crippen LogP contribution >= 0.6 is 11.6 Å². The van der Waals surface area contributed by atoms with Gasteiger partial charge in [-0.1, -0.05) is 54.1 Å². The SMILES string of the molecule is COCCNC(=O)C1C/C(=C\Cl)CN1C(=O)c1ccc(-c2ccccc2)cc1. The average Bonchev–Trinajstić information content (AvgIpc) is 3.19. The first-order valence-electron chi connectivity index (χ1n) is 9.15. The van der Waals surface area contributed by atoms with Crippen molar-refractivity contribution in [3.63, 3.8) is 0 Å². The number of hydrogen-bond acceptors (Lipinski definition) is 3. The fourth-order valence-corrected chi connectivity index (χ4v) is 3.43. The molecule has 0 radical (unpaired) electrons. The molecule has 2 amide bonds. The molecule has 1 aliphatic heterocycles. The number of hydrogen-bond donors (Lipinski definition) is 1. The molecule has 1 N–H and O–H groups in total. The van der Waals surface area contributed by atoms with E-state index >= 15 is 0 Å². The molecule has 0 bridgehead atoms. The van der Waals surface area contributed by atoms with Crippen LogP contribution in [0.25, 0.3) is 11.1 Å². The maximum atomic E-state index is 13.1. The highest BCUT2D eigenvalue weighted by atomic mass is 35.5. The highest BCUT2D eigenvalue weighted by molar-refractivity contribution is 6.25. The summed E-state index contributed by atoms with van der Waals surface area (Å²) in [5, 5.41) is 2.81. The molecule has 1 atom stereocenters. The van der Waals surface area contributed by atoms with Crippen LogP contribution in [-0.4, -0.2) is 49.6 Å². The predicted molar refractivity (Wildman–Crippen MR) is 110 cm³/mol. The van der Waals surface area contributed by atoms with Crippen molar-refractivity contribution in [2.24, 2.45) is 0 Å². The lowest BCUT2D eigenvalue weighted by Crippen LogP contribution is -2.46. The van der Waals surface area contributed by atoms with Crippen LogP contribution < -0.4 is 5.32 Å². The highest BCUT2D eigenvalue weighted by Crippen LogP contribution is 2.26. The summed E-state index contributed by atoms with van der Waals surface area (Å²) in [6, 6.07) is 16.8. The van der Waals surface area contributed by atoms with Crippen molar-refractivity contribution in [1.82, 2.24) is 10.2 Å². The molecule has 1 saturated heterocycles. The minimum Gasteiger partial charge on any atom is -0.383 e. The van der Waals surface area contributed by atoms with Crippen molar-refractivity contribution in [1.29, 1.82) is 0 Å². The van der Waals surface area contributed by atoms with Crippen molar-refractivity contribution in [2.75, 3.05) is 26.8 Å². The molecule has 28 heavy (non-hydrogen) atoms. The second-order valence-electron chi connectivity index (χ2n) is 6.65. The van der Waals surface area contributed by atoms with Gasteiger partial charge in [-0.15, -0.1) is 0 Å². The molecular weight excluding hydrogens is 376 g/mol. The highest BCUT2D eigenvalue weighted by Gasteiger charge is 2.36. The van der Waals surface area contributed by atoms with E-state index in [1.807, 2.05) is 42.5 Å². The van der Waals surface area contributed by atoms with E-state index in [2.05, 4.69) is 5.32 Å². The Morgan fingerprint density at radius 1 is 1.14 bits per heavy atom. The van der Waals surface area contributed by atoms with Crippen LogP contribution in [0.2, 0.25) is 0 Å². The van der Waals surface area contributed by atoms with Crippen LogP contribution in [0.3, 0.4) is 0 Å². The molecule has 0 spiro atoms. The quantitative estimate of drug-likeness (QED) is 0.758. The Morgan fingerprint density at radius 3 is 2.46 bits per heavy atom. The van der Waals surface area contributed by atoms with Gasteiger partial charge in [-0.25, -0.2) is 0 Å². The Balaban J connectivity index is 1.76. The molecule has 0 aromatic heterocycles. The van der Waals surface area contributed by atoms with E-state index in [1.54, 1.807) is 24.1 Å². The Kier molecular flexibility index (Phi) is 6.85. The van der Waals surface area contributed by atoms with Gasteiger partial charge in [-0.3, -0.25) is 9.59 Å². The van der Waals surface area contributed by atoms with Crippen LogP contribution in [0, 0.1) is 0 Å². The summed E-state index contributed by atoms with van der Waals surface area (Å²) in [6.45, 7) is 1.18. The molecule has 1 unspecified atom stereocenters. The summed E-state index contributed by atoms with van der Waals surface area (Å²) in [5.74, 6) is -0.375. The number of halogens is 1. The van der Waals surface area contributed by atoms with Crippen molar-refractivity contribution in [3.8, 4) is 11.1 Å². The molecule has 5 nitrogen and oxygen atoms in total. The van der Waals surface area contributed by atoms with Gasteiger partial charge < -0.3 is 15.0 Å². The van der Waals surface area contributed by atoms with Crippen LogP contribution in [0.15, 0.2) is 65.7 Å². The van der Waals surface area contributed by atoms with Gasteiger partial charge >= 0.3 is 0 Å². The molecule has 3 rings (SSSR count). The minimum absolute atomic E-state index is 0.181. The average molecular weight is 399 g/mol. The van der Waals surface area contributed by atoms with Gasteiger partial charge in [0.2, 0.25) is 5.91 Å². The fraction of sp³-hybridized carbons (Fsp3) is 0.273. The second kappa shape index (κ2) is 9.53.